The lowest BCUT2D eigenvalue weighted by Crippen LogP contribution is -2.52. The Hall–Kier alpha value is -1.59. The molecule has 0 aliphatic heterocycles. The third kappa shape index (κ3) is 5.02. The average molecular weight is 298 g/mol. The van der Waals surface area contributed by atoms with Gasteiger partial charge >= 0.3 is 5.97 Å². The number of amides is 2. The molecule has 0 heterocycles. The molecule has 2 amide bonds. The number of aliphatic carboxylic acids is 1. The van der Waals surface area contributed by atoms with Crippen LogP contribution in [0.25, 0.3) is 0 Å². The second-order valence-electron chi connectivity index (χ2n) is 6.75. The fourth-order valence-electron chi connectivity index (χ4n) is 2.42. The highest BCUT2D eigenvalue weighted by Gasteiger charge is 2.42. The first-order valence-electron chi connectivity index (χ1n) is 7.50. The number of rotatable bonds is 6. The van der Waals surface area contributed by atoms with Crippen molar-refractivity contribution in [2.75, 3.05) is 6.54 Å². The van der Waals surface area contributed by atoms with Crippen LogP contribution < -0.4 is 10.6 Å². The molecule has 0 aromatic carbocycles. The van der Waals surface area contributed by atoms with Crippen LogP contribution in [0.1, 0.15) is 59.3 Å². The molecule has 6 heteroatoms. The molecule has 21 heavy (non-hydrogen) atoms. The number of carboxylic acid groups (broad SMARTS) is 1. The summed E-state index contributed by atoms with van der Waals surface area (Å²) in [5.74, 6) is -1.26. The van der Waals surface area contributed by atoms with Crippen molar-refractivity contribution in [1.29, 1.82) is 0 Å². The Balaban J connectivity index is 2.31. The zero-order valence-corrected chi connectivity index (χ0v) is 13.1. The highest BCUT2D eigenvalue weighted by atomic mass is 16.4. The van der Waals surface area contributed by atoms with Crippen LogP contribution in [0.2, 0.25) is 0 Å². The molecule has 0 atom stereocenters. The zero-order chi connectivity index (χ0) is 16.1. The summed E-state index contributed by atoms with van der Waals surface area (Å²) in [5.41, 5.74) is -1.52. The van der Waals surface area contributed by atoms with Crippen LogP contribution in [0.3, 0.4) is 0 Å². The fourth-order valence-corrected chi connectivity index (χ4v) is 2.42. The van der Waals surface area contributed by atoms with Crippen LogP contribution in [-0.4, -0.2) is 35.0 Å². The van der Waals surface area contributed by atoms with Crippen LogP contribution in [0.4, 0.5) is 0 Å². The van der Waals surface area contributed by atoms with Crippen LogP contribution in [0.15, 0.2) is 0 Å². The molecule has 120 valence electrons. The van der Waals surface area contributed by atoms with Crippen molar-refractivity contribution < 1.29 is 19.5 Å². The van der Waals surface area contributed by atoms with E-state index in [-0.39, 0.29) is 18.2 Å². The third-order valence-corrected chi connectivity index (χ3v) is 3.79. The summed E-state index contributed by atoms with van der Waals surface area (Å²) in [5, 5.41) is 14.7. The predicted molar refractivity (Wildman–Crippen MR) is 78.7 cm³/mol. The van der Waals surface area contributed by atoms with E-state index in [1.807, 2.05) is 20.8 Å². The van der Waals surface area contributed by atoms with Gasteiger partial charge in [-0.1, -0.05) is 33.6 Å². The summed E-state index contributed by atoms with van der Waals surface area (Å²) in [6.07, 6.45) is 3.37. The summed E-state index contributed by atoms with van der Waals surface area (Å²) in [7, 11) is 0. The average Bonchev–Trinajstić information content (AvgIpc) is 2.83. The Morgan fingerprint density at radius 2 is 1.71 bits per heavy atom. The molecule has 0 aromatic heterocycles. The minimum Gasteiger partial charge on any atom is -0.480 e. The van der Waals surface area contributed by atoms with Gasteiger partial charge in [0, 0.05) is 18.4 Å². The molecule has 1 rings (SSSR count). The predicted octanol–water partition coefficient (Wildman–Crippen LogP) is 1.44. The van der Waals surface area contributed by atoms with Gasteiger partial charge in [-0.25, -0.2) is 4.79 Å². The Kier molecular flexibility index (Phi) is 5.75. The molecule has 0 saturated heterocycles. The third-order valence-electron chi connectivity index (χ3n) is 3.79. The van der Waals surface area contributed by atoms with E-state index in [1.54, 1.807) is 0 Å². The van der Waals surface area contributed by atoms with Crippen molar-refractivity contribution in [3.8, 4) is 0 Å². The van der Waals surface area contributed by atoms with Gasteiger partial charge in [0.15, 0.2) is 0 Å². The van der Waals surface area contributed by atoms with Gasteiger partial charge in [-0.2, -0.15) is 0 Å². The van der Waals surface area contributed by atoms with Crippen molar-refractivity contribution in [3.05, 3.63) is 0 Å². The van der Waals surface area contributed by atoms with Gasteiger partial charge in [0.25, 0.3) is 0 Å². The first kappa shape index (κ1) is 17.5. The van der Waals surface area contributed by atoms with Gasteiger partial charge < -0.3 is 15.7 Å². The van der Waals surface area contributed by atoms with Gasteiger partial charge in [0.2, 0.25) is 11.8 Å². The fraction of sp³-hybridized carbons (Fsp3) is 0.800. The lowest BCUT2D eigenvalue weighted by molar-refractivity contribution is -0.147. The largest absolute Gasteiger partial charge is 0.480 e. The Morgan fingerprint density at radius 1 is 1.14 bits per heavy atom. The maximum Gasteiger partial charge on any atom is 0.329 e. The van der Waals surface area contributed by atoms with Crippen molar-refractivity contribution in [1.82, 2.24) is 10.6 Å². The van der Waals surface area contributed by atoms with E-state index < -0.39 is 16.9 Å². The maximum atomic E-state index is 11.9. The van der Waals surface area contributed by atoms with Gasteiger partial charge in [-0.15, -0.1) is 0 Å². The second-order valence-corrected chi connectivity index (χ2v) is 6.75. The quantitative estimate of drug-likeness (QED) is 0.647. The molecule has 0 radical (unpaired) electrons. The number of carboxylic acids is 1. The summed E-state index contributed by atoms with van der Waals surface area (Å²) in [4.78, 5) is 34.8. The lowest BCUT2D eigenvalue weighted by atomic mass is 9.95. The molecule has 1 aliphatic carbocycles. The topological polar surface area (TPSA) is 95.5 Å². The number of hydrogen-bond acceptors (Lipinski definition) is 3. The Labute approximate surface area is 125 Å². The van der Waals surface area contributed by atoms with Gasteiger partial charge in [-0.05, 0) is 19.3 Å². The van der Waals surface area contributed by atoms with Gasteiger partial charge in [-0.3, -0.25) is 9.59 Å². The molecular formula is C15H26N2O4. The molecule has 0 bridgehead atoms. The van der Waals surface area contributed by atoms with E-state index in [2.05, 4.69) is 10.6 Å². The number of carbonyl (C=O) groups excluding carboxylic acids is 2. The lowest BCUT2D eigenvalue weighted by Gasteiger charge is -2.25. The molecule has 0 unspecified atom stereocenters. The molecular weight excluding hydrogens is 272 g/mol. The number of hydrogen-bond donors (Lipinski definition) is 3. The molecule has 1 aliphatic rings. The summed E-state index contributed by atoms with van der Waals surface area (Å²) < 4.78 is 0. The number of nitrogens with one attached hydrogen (secondary N) is 2. The van der Waals surface area contributed by atoms with E-state index >= 15 is 0 Å². The van der Waals surface area contributed by atoms with E-state index in [1.165, 1.54) is 0 Å². The van der Waals surface area contributed by atoms with Crippen molar-refractivity contribution >= 4 is 17.8 Å². The standard InChI is InChI=1S/C15H26N2O4/c1-14(2,3)12(19)16-10-6-7-11(18)17-15(13(20)21)8-4-5-9-15/h4-10H2,1-3H3,(H,16,19)(H,17,18)(H,20,21). The highest BCUT2D eigenvalue weighted by Crippen LogP contribution is 2.30. The first-order valence-corrected chi connectivity index (χ1v) is 7.50. The highest BCUT2D eigenvalue weighted by molar-refractivity contribution is 5.87. The van der Waals surface area contributed by atoms with Gasteiger partial charge in [0.1, 0.15) is 5.54 Å². The first-order chi connectivity index (χ1) is 9.67. The monoisotopic (exact) mass is 298 g/mol. The number of carbonyl (C=O) groups is 3. The minimum absolute atomic E-state index is 0.0549. The van der Waals surface area contributed by atoms with Crippen LogP contribution in [-0.2, 0) is 14.4 Å². The molecule has 0 spiro atoms. The second kappa shape index (κ2) is 6.91. The minimum atomic E-state index is -1.08. The van der Waals surface area contributed by atoms with Crippen molar-refractivity contribution in [2.24, 2.45) is 5.41 Å². The van der Waals surface area contributed by atoms with E-state index in [0.29, 0.717) is 25.8 Å². The smallest absolute Gasteiger partial charge is 0.329 e. The Morgan fingerprint density at radius 3 is 2.19 bits per heavy atom. The molecule has 1 saturated carbocycles. The molecule has 6 nitrogen and oxygen atoms in total. The van der Waals surface area contributed by atoms with Crippen molar-refractivity contribution in [2.45, 2.75) is 64.8 Å². The van der Waals surface area contributed by atoms with Crippen molar-refractivity contribution in [3.63, 3.8) is 0 Å². The normalized spacial score (nSPS) is 17.3. The Bertz CT molecular complexity index is 406. The molecule has 0 aromatic rings. The molecule has 3 N–H and O–H groups in total. The van der Waals surface area contributed by atoms with Crippen LogP contribution >= 0.6 is 0 Å². The van der Waals surface area contributed by atoms with E-state index in [9.17, 15) is 19.5 Å². The maximum absolute atomic E-state index is 11.9. The summed E-state index contributed by atoms with van der Waals surface area (Å²) in [6, 6.07) is 0. The van der Waals surface area contributed by atoms with E-state index in [0.717, 1.165) is 12.8 Å². The summed E-state index contributed by atoms with van der Waals surface area (Å²) in [6.45, 7) is 5.90. The SMILES string of the molecule is CC(C)(C)C(=O)NCCCC(=O)NC1(C(=O)O)CCCC1. The van der Waals surface area contributed by atoms with Gasteiger partial charge in [0.05, 0.1) is 0 Å². The summed E-state index contributed by atoms with van der Waals surface area (Å²) >= 11 is 0. The van der Waals surface area contributed by atoms with Crippen LogP contribution in [0, 0.1) is 5.41 Å². The molecule has 1 fully saturated rings. The zero-order valence-electron chi connectivity index (χ0n) is 13.1. The van der Waals surface area contributed by atoms with E-state index in [4.69, 9.17) is 0 Å². The van der Waals surface area contributed by atoms with Crippen LogP contribution in [0.5, 0.6) is 0 Å².